The topological polar surface area (TPSA) is 34.9 Å². The first kappa shape index (κ1) is 9.78. The normalized spacial score (nSPS) is 10.6. The van der Waals surface area contributed by atoms with Crippen molar-refractivity contribution in [3.8, 4) is 0 Å². The highest BCUT2D eigenvalue weighted by atomic mass is 16.2. The minimum absolute atomic E-state index is 0.105. The Bertz CT molecular complexity index is 666. The van der Waals surface area contributed by atoms with Crippen LogP contribution in [-0.2, 0) is 0 Å². The Kier molecular flexibility index (Phi) is 2.22. The van der Waals surface area contributed by atoms with Crippen LogP contribution in [0.5, 0.6) is 0 Å². The maximum atomic E-state index is 12.2. The summed E-state index contributed by atoms with van der Waals surface area (Å²) in [6.45, 7) is 0. The van der Waals surface area contributed by atoms with Gasteiger partial charge >= 0.3 is 0 Å². The molecule has 82 valence electrons. The second kappa shape index (κ2) is 3.87. The van der Waals surface area contributed by atoms with Gasteiger partial charge in [-0.3, -0.25) is 14.3 Å². The van der Waals surface area contributed by atoms with Crippen molar-refractivity contribution in [2.24, 2.45) is 0 Å². The molecule has 2 aromatic heterocycles. The molecule has 0 bridgehead atoms. The molecule has 2 heterocycles. The summed E-state index contributed by atoms with van der Waals surface area (Å²) in [5.74, 6) is -0.105. The van der Waals surface area contributed by atoms with Gasteiger partial charge < -0.3 is 0 Å². The molecule has 0 amide bonds. The molecule has 3 heteroatoms. The maximum absolute atomic E-state index is 12.2. The van der Waals surface area contributed by atoms with Gasteiger partial charge in [0.15, 0.2) is 0 Å². The van der Waals surface area contributed by atoms with Gasteiger partial charge in [0.2, 0.25) is 0 Å². The number of carbonyl (C=O) groups is 1. The van der Waals surface area contributed by atoms with Gasteiger partial charge in [0.25, 0.3) is 5.91 Å². The average Bonchev–Trinajstić information content (AvgIpc) is 2.91. The van der Waals surface area contributed by atoms with Gasteiger partial charge in [-0.15, -0.1) is 0 Å². The first-order valence-corrected chi connectivity index (χ1v) is 5.38. The Morgan fingerprint density at radius 3 is 2.59 bits per heavy atom. The summed E-state index contributed by atoms with van der Waals surface area (Å²) in [4.78, 5) is 16.4. The molecule has 0 aliphatic rings. The van der Waals surface area contributed by atoms with Gasteiger partial charge in [-0.1, -0.05) is 24.3 Å². The Labute approximate surface area is 98.3 Å². The third-order valence-corrected chi connectivity index (χ3v) is 2.72. The summed E-state index contributed by atoms with van der Waals surface area (Å²) in [6, 6.07) is 13.3. The van der Waals surface area contributed by atoms with Gasteiger partial charge in [0.05, 0.1) is 0 Å². The molecule has 0 radical (unpaired) electrons. The average molecular weight is 222 g/mol. The van der Waals surface area contributed by atoms with Crippen LogP contribution in [0.15, 0.2) is 61.1 Å². The number of rotatable bonds is 1. The zero-order valence-electron chi connectivity index (χ0n) is 9.08. The lowest BCUT2D eigenvalue weighted by Gasteiger charge is -2.04. The number of nitrogens with zero attached hydrogens (tertiary/aromatic N) is 2. The summed E-state index contributed by atoms with van der Waals surface area (Å²) >= 11 is 0. The van der Waals surface area contributed by atoms with Crippen LogP contribution in [0, 0.1) is 0 Å². The van der Waals surface area contributed by atoms with E-state index >= 15 is 0 Å². The van der Waals surface area contributed by atoms with E-state index in [2.05, 4.69) is 4.98 Å². The number of fused-ring (bicyclic) bond motifs is 1. The van der Waals surface area contributed by atoms with Crippen molar-refractivity contribution in [2.75, 3.05) is 0 Å². The summed E-state index contributed by atoms with van der Waals surface area (Å²) in [7, 11) is 0. The fourth-order valence-corrected chi connectivity index (χ4v) is 1.88. The minimum atomic E-state index is -0.105. The molecule has 0 N–H and O–H groups in total. The van der Waals surface area contributed by atoms with Crippen LogP contribution >= 0.6 is 0 Å². The molecular formula is C14H10N2O. The number of aromatic nitrogens is 2. The maximum Gasteiger partial charge on any atom is 0.281 e. The van der Waals surface area contributed by atoms with E-state index in [9.17, 15) is 4.79 Å². The molecule has 0 saturated heterocycles. The lowest BCUT2D eigenvalue weighted by Crippen LogP contribution is -2.11. The monoisotopic (exact) mass is 222 g/mol. The van der Waals surface area contributed by atoms with Crippen molar-refractivity contribution >= 4 is 16.7 Å². The van der Waals surface area contributed by atoms with E-state index in [0.29, 0.717) is 5.69 Å². The quantitative estimate of drug-likeness (QED) is 0.634. The summed E-state index contributed by atoms with van der Waals surface area (Å²) in [5, 5.41) is 1.91. The first-order valence-electron chi connectivity index (χ1n) is 5.38. The van der Waals surface area contributed by atoms with Crippen LogP contribution < -0.4 is 0 Å². The summed E-state index contributed by atoms with van der Waals surface area (Å²) < 4.78 is 1.54. The zero-order chi connectivity index (χ0) is 11.7. The molecule has 0 atom stereocenters. The van der Waals surface area contributed by atoms with E-state index in [1.807, 2.05) is 42.5 Å². The second-order valence-electron chi connectivity index (χ2n) is 3.78. The van der Waals surface area contributed by atoms with Crippen molar-refractivity contribution in [1.82, 2.24) is 9.55 Å². The fraction of sp³-hybridized carbons (Fsp3) is 0. The van der Waals surface area contributed by atoms with Crippen LogP contribution in [0.4, 0.5) is 0 Å². The molecule has 3 rings (SSSR count). The van der Waals surface area contributed by atoms with Crippen molar-refractivity contribution in [1.29, 1.82) is 0 Å². The third-order valence-electron chi connectivity index (χ3n) is 2.72. The van der Waals surface area contributed by atoms with Gasteiger partial charge in [0.1, 0.15) is 5.69 Å². The Morgan fingerprint density at radius 1 is 1.00 bits per heavy atom. The Hall–Kier alpha value is -2.42. The van der Waals surface area contributed by atoms with Gasteiger partial charge in [-0.2, -0.15) is 0 Å². The molecule has 0 saturated carbocycles. The molecule has 1 aromatic carbocycles. The molecule has 0 unspecified atom stereocenters. The Morgan fingerprint density at radius 2 is 1.76 bits per heavy atom. The van der Waals surface area contributed by atoms with Crippen LogP contribution in [-0.4, -0.2) is 15.5 Å². The highest BCUT2D eigenvalue weighted by Gasteiger charge is 2.12. The zero-order valence-corrected chi connectivity index (χ0v) is 9.08. The number of benzene rings is 1. The number of carbonyl (C=O) groups excluding carboxylic acids is 1. The fourth-order valence-electron chi connectivity index (χ4n) is 1.88. The second-order valence-corrected chi connectivity index (χ2v) is 3.78. The van der Waals surface area contributed by atoms with Crippen LogP contribution in [0.2, 0.25) is 0 Å². The number of pyridine rings is 1. The smallest absolute Gasteiger partial charge is 0.281 e. The highest BCUT2D eigenvalue weighted by Crippen LogP contribution is 2.17. The van der Waals surface area contributed by atoms with Crippen LogP contribution in [0.3, 0.4) is 0 Å². The SMILES string of the molecule is O=C(c1nccc2ccccc12)n1cccc1. The van der Waals surface area contributed by atoms with E-state index < -0.39 is 0 Å². The standard InChI is InChI=1S/C14H10N2O/c17-14(16-9-3-4-10-16)13-12-6-2-1-5-11(12)7-8-15-13/h1-10H. The van der Waals surface area contributed by atoms with Gasteiger partial charge in [-0.05, 0) is 23.6 Å². The molecule has 3 aromatic rings. The minimum Gasteiger partial charge on any atom is -0.289 e. The molecular weight excluding hydrogens is 212 g/mol. The third kappa shape index (κ3) is 1.61. The van der Waals surface area contributed by atoms with E-state index in [4.69, 9.17) is 0 Å². The number of hydrogen-bond donors (Lipinski definition) is 0. The van der Waals surface area contributed by atoms with Gasteiger partial charge in [-0.25, -0.2) is 0 Å². The van der Waals surface area contributed by atoms with Crippen molar-refractivity contribution in [3.63, 3.8) is 0 Å². The largest absolute Gasteiger partial charge is 0.289 e. The molecule has 0 aliphatic heterocycles. The van der Waals surface area contributed by atoms with Gasteiger partial charge in [0, 0.05) is 24.0 Å². The molecule has 0 spiro atoms. The first-order chi connectivity index (χ1) is 8.36. The predicted octanol–water partition coefficient (Wildman–Crippen LogP) is 2.72. The Balaban J connectivity index is 2.21. The molecule has 0 aliphatic carbocycles. The van der Waals surface area contributed by atoms with Crippen LogP contribution in [0.25, 0.3) is 10.8 Å². The van der Waals surface area contributed by atoms with E-state index in [1.165, 1.54) is 4.57 Å². The molecule has 3 nitrogen and oxygen atoms in total. The highest BCUT2D eigenvalue weighted by molar-refractivity contribution is 6.06. The van der Waals surface area contributed by atoms with Crippen molar-refractivity contribution in [2.45, 2.75) is 0 Å². The van der Waals surface area contributed by atoms with E-state index in [0.717, 1.165) is 10.8 Å². The predicted molar refractivity (Wildman–Crippen MR) is 65.9 cm³/mol. The van der Waals surface area contributed by atoms with Crippen molar-refractivity contribution in [3.05, 3.63) is 66.7 Å². The number of hydrogen-bond acceptors (Lipinski definition) is 2. The van der Waals surface area contributed by atoms with Crippen molar-refractivity contribution < 1.29 is 4.79 Å². The lowest BCUT2D eigenvalue weighted by atomic mass is 10.1. The summed E-state index contributed by atoms with van der Waals surface area (Å²) in [6.07, 6.45) is 5.12. The molecule has 0 fully saturated rings. The lowest BCUT2D eigenvalue weighted by molar-refractivity contribution is 0.0957. The summed E-state index contributed by atoms with van der Waals surface area (Å²) in [5.41, 5.74) is 0.485. The van der Waals surface area contributed by atoms with E-state index in [1.54, 1.807) is 18.6 Å². The van der Waals surface area contributed by atoms with E-state index in [-0.39, 0.29) is 5.91 Å². The molecule has 17 heavy (non-hydrogen) atoms. The van der Waals surface area contributed by atoms with Crippen LogP contribution in [0.1, 0.15) is 10.5 Å².